The van der Waals surface area contributed by atoms with Crippen LogP contribution in [0.1, 0.15) is 37.7 Å². The van der Waals surface area contributed by atoms with Gasteiger partial charge in [-0.3, -0.25) is 4.98 Å². The van der Waals surface area contributed by atoms with E-state index in [1.165, 1.54) is 32.1 Å². The normalized spacial score (nSPS) is 20.2. The highest BCUT2D eigenvalue weighted by molar-refractivity contribution is 6.31. The Kier molecular flexibility index (Phi) is 5.61. The zero-order valence-electron chi connectivity index (χ0n) is 11.5. The molecule has 1 heterocycles. The summed E-state index contributed by atoms with van der Waals surface area (Å²) in [6.07, 6.45) is 10.7. The van der Waals surface area contributed by atoms with Crippen LogP contribution < -0.4 is 5.73 Å². The molecule has 0 saturated heterocycles. The molecule has 0 amide bonds. The lowest BCUT2D eigenvalue weighted by Crippen LogP contribution is -2.43. The molecule has 0 aromatic carbocycles. The molecule has 0 bridgehead atoms. The topological polar surface area (TPSA) is 48.1 Å². The zero-order chi connectivity index (χ0) is 13.7. The molecule has 0 radical (unpaired) electrons. The second-order valence-electron chi connectivity index (χ2n) is 5.43. The van der Waals surface area contributed by atoms with Crippen LogP contribution in [0.4, 0.5) is 0 Å². The van der Waals surface area contributed by atoms with E-state index in [0.29, 0.717) is 10.9 Å². The van der Waals surface area contributed by atoms with Crippen molar-refractivity contribution in [2.24, 2.45) is 11.7 Å². The Balaban J connectivity index is 2.00. The smallest absolute Gasteiger partial charge is 0.0753 e. The molecule has 3 nitrogen and oxygen atoms in total. The summed E-state index contributed by atoms with van der Waals surface area (Å²) in [5.74, 6) is 0.592. The average Bonchev–Trinajstić information content (AvgIpc) is 2.43. The Hall–Kier alpha value is -0.640. The van der Waals surface area contributed by atoms with E-state index in [0.717, 1.165) is 12.0 Å². The van der Waals surface area contributed by atoms with Gasteiger partial charge >= 0.3 is 0 Å². The number of hydrogen-bond acceptors (Lipinski definition) is 3. The van der Waals surface area contributed by atoms with Gasteiger partial charge in [0.05, 0.1) is 11.1 Å². The Morgan fingerprint density at radius 2 is 2.16 bits per heavy atom. The molecule has 1 fully saturated rings. The Morgan fingerprint density at radius 3 is 2.79 bits per heavy atom. The van der Waals surface area contributed by atoms with Gasteiger partial charge in [-0.1, -0.05) is 30.9 Å². The Labute approximate surface area is 120 Å². The first kappa shape index (κ1) is 14.8. The molecule has 2 atom stereocenters. The van der Waals surface area contributed by atoms with Gasteiger partial charge < -0.3 is 10.5 Å². The van der Waals surface area contributed by atoms with Gasteiger partial charge in [0, 0.05) is 25.5 Å². The summed E-state index contributed by atoms with van der Waals surface area (Å²) in [5, 5.41) is 0.691. The number of nitrogens with two attached hydrogens (primary N) is 1. The summed E-state index contributed by atoms with van der Waals surface area (Å²) in [6, 6.07) is 1.93. The fourth-order valence-electron chi connectivity index (χ4n) is 3.12. The van der Waals surface area contributed by atoms with E-state index in [9.17, 15) is 0 Å². The first-order chi connectivity index (χ1) is 9.22. The molecule has 4 heteroatoms. The maximum absolute atomic E-state index is 6.36. The SMILES string of the molecule is COC(C(N)Cc1ccncc1Cl)C1CCCCC1. The molecule has 0 spiro atoms. The van der Waals surface area contributed by atoms with Gasteiger partial charge in [0.15, 0.2) is 0 Å². The summed E-state index contributed by atoms with van der Waals surface area (Å²) >= 11 is 6.14. The van der Waals surface area contributed by atoms with Crippen LogP contribution in [0.5, 0.6) is 0 Å². The maximum atomic E-state index is 6.36. The largest absolute Gasteiger partial charge is 0.380 e. The molecule has 1 aromatic heterocycles. The highest BCUT2D eigenvalue weighted by atomic mass is 35.5. The van der Waals surface area contributed by atoms with Crippen molar-refractivity contribution in [2.45, 2.75) is 50.7 Å². The Bertz CT molecular complexity index is 393. The van der Waals surface area contributed by atoms with E-state index in [1.807, 2.05) is 6.07 Å². The first-order valence-electron chi connectivity index (χ1n) is 7.09. The summed E-state index contributed by atoms with van der Waals surface area (Å²) in [4.78, 5) is 4.00. The predicted molar refractivity (Wildman–Crippen MR) is 78.3 cm³/mol. The van der Waals surface area contributed by atoms with Crippen LogP contribution in [0.2, 0.25) is 5.02 Å². The highest BCUT2D eigenvalue weighted by Crippen LogP contribution is 2.30. The highest BCUT2D eigenvalue weighted by Gasteiger charge is 2.28. The number of halogens is 1. The number of nitrogens with zero attached hydrogens (tertiary/aromatic N) is 1. The van der Waals surface area contributed by atoms with Crippen LogP contribution in [-0.2, 0) is 11.2 Å². The minimum atomic E-state index is -0.00648. The first-order valence-corrected chi connectivity index (χ1v) is 7.47. The van der Waals surface area contributed by atoms with Crippen LogP contribution in [0.3, 0.4) is 0 Å². The quantitative estimate of drug-likeness (QED) is 0.902. The summed E-state index contributed by atoms with van der Waals surface area (Å²) in [7, 11) is 1.77. The lowest BCUT2D eigenvalue weighted by Gasteiger charge is -2.33. The van der Waals surface area contributed by atoms with Gasteiger partial charge in [-0.05, 0) is 36.8 Å². The van der Waals surface area contributed by atoms with Gasteiger partial charge in [0.1, 0.15) is 0 Å². The van der Waals surface area contributed by atoms with Crippen molar-refractivity contribution < 1.29 is 4.74 Å². The van der Waals surface area contributed by atoms with E-state index in [4.69, 9.17) is 22.1 Å². The van der Waals surface area contributed by atoms with Crippen molar-refractivity contribution in [3.8, 4) is 0 Å². The van der Waals surface area contributed by atoms with Crippen LogP contribution in [0.25, 0.3) is 0 Å². The van der Waals surface area contributed by atoms with Crippen molar-refractivity contribution in [3.05, 3.63) is 29.0 Å². The third-order valence-electron chi connectivity index (χ3n) is 4.12. The molecule has 106 valence electrons. The second-order valence-corrected chi connectivity index (χ2v) is 5.84. The van der Waals surface area contributed by atoms with Crippen molar-refractivity contribution in [2.75, 3.05) is 7.11 Å². The predicted octanol–water partition coefficient (Wildman–Crippen LogP) is 3.20. The van der Waals surface area contributed by atoms with E-state index >= 15 is 0 Å². The van der Waals surface area contributed by atoms with E-state index in [-0.39, 0.29) is 12.1 Å². The van der Waals surface area contributed by atoms with Crippen LogP contribution in [0, 0.1) is 5.92 Å². The number of hydrogen-bond donors (Lipinski definition) is 1. The second kappa shape index (κ2) is 7.22. The molecule has 0 aliphatic heterocycles. The van der Waals surface area contributed by atoms with Crippen molar-refractivity contribution in [1.29, 1.82) is 0 Å². The van der Waals surface area contributed by atoms with Crippen molar-refractivity contribution in [3.63, 3.8) is 0 Å². The Morgan fingerprint density at radius 1 is 1.42 bits per heavy atom. The number of methoxy groups -OCH3 is 1. The summed E-state index contributed by atoms with van der Waals surface area (Å²) in [5.41, 5.74) is 7.41. The third-order valence-corrected chi connectivity index (χ3v) is 4.46. The van der Waals surface area contributed by atoms with E-state index in [2.05, 4.69) is 4.98 Å². The number of rotatable bonds is 5. The number of ether oxygens (including phenoxy) is 1. The van der Waals surface area contributed by atoms with E-state index in [1.54, 1.807) is 19.5 Å². The van der Waals surface area contributed by atoms with Crippen molar-refractivity contribution >= 4 is 11.6 Å². The van der Waals surface area contributed by atoms with Gasteiger partial charge in [0.2, 0.25) is 0 Å². The molecule has 2 N–H and O–H groups in total. The fourth-order valence-corrected chi connectivity index (χ4v) is 3.32. The lowest BCUT2D eigenvalue weighted by atomic mass is 9.81. The van der Waals surface area contributed by atoms with Crippen LogP contribution >= 0.6 is 11.6 Å². The van der Waals surface area contributed by atoms with Crippen LogP contribution in [0.15, 0.2) is 18.5 Å². The molecule has 2 rings (SSSR count). The lowest BCUT2D eigenvalue weighted by molar-refractivity contribution is 0.0179. The van der Waals surface area contributed by atoms with Crippen LogP contribution in [-0.4, -0.2) is 24.2 Å². The molecular weight excluding hydrogens is 260 g/mol. The standard InChI is InChI=1S/C15H23ClN2O/c1-19-15(11-5-3-2-4-6-11)14(17)9-12-7-8-18-10-13(12)16/h7-8,10-11,14-15H,2-6,9,17H2,1H3. The van der Waals surface area contributed by atoms with Gasteiger partial charge in [0.25, 0.3) is 0 Å². The van der Waals surface area contributed by atoms with Gasteiger partial charge in [-0.15, -0.1) is 0 Å². The third kappa shape index (κ3) is 3.91. The number of pyridine rings is 1. The molecule has 1 aliphatic rings. The molecular formula is C15H23ClN2O. The average molecular weight is 283 g/mol. The van der Waals surface area contributed by atoms with Crippen molar-refractivity contribution in [1.82, 2.24) is 4.98 Å². The summed E-state index contributed by atoms with van der Waals surface area (Å²) < 4.78 is 5.68. The minimum absolute atomic E-state index is 0.00648. The van der Waals surface area contributed by atoms with Gasteiger partial charge in [-0.25, -0.2) is 0 Å². The zero-order valence-corrected chi connectivity index (χ0v) is 12.3. The molecule has 1 aliphatic carbocycles. The van der Waals surface area contributed by atoms with Gasteiger partial charge in [-0.2, -0.15) is 0 Å². The fraction of sp³-hybridized carbons (Fsp3) is 0.667. The molecule has 19 heavy (non-hydrogen) atoms. The molecule has 1 aromatic rings. The monoisotopic (exact) mass is 282 g/mol. The molecule has 2 unspecified atom stereocenters. The minimum Gasteiger partial charge on any atom is -0.380 e. The maximum Gasteiger partial charge on any atom is 0.0753 e. The molecule has 1 saturated carbocycles. The summed E-state index contributed by atoms with van der Waals surface area (Å²) in [6.45, 7) is 0. The number of aromatic nitrogens is 1. The van der Waals surface area contributed by atoms with E-state index < -0.39 is 0 Å².